The van der Waals surface area contributed by atoms with Crippen molar-refractivity contribution in [2.75, 3.05) is 0 Å². The van der Waals surface area contributed by atoms with Gasteiger partial charge in [0.1, 0.15) is 0 Å². The predicted molar refractivity (Wildman–Crippen MR) is 85.4 cm³/mol. The molecule has 1 aliphatic rings. The second kappa shape index (κ2) is 5.39. The lowest BCUT2D eigenvalue weighted by atomic mass is 9.88. The molecule has 5 heteroatoms. The average Bonchev–Trinajstić information content (AvgIpc) is 2.55. The van der Waals surface area contributed by atoms with Gasteiger partial charge in [-0.3, -0.25) is 4.79 Å². The van der Waals surface area contributed by atoms with Crippen LogP contribution in [0.4, 0.5) is 0 Å². The minimum atomic E-state index is -0.260. The summed E-state index contributed by atoms with van der Waals surface area (Å²) in [6.07, 6.45) is 0.684. The number of phenols is 2. The van der Waals surface area contributed by atoms with Crippen molar-refractivity contribution >= 4 is 33.5 Å². The molecule has 0 fully saturated rings. The van der Waals surface area contributed by atoms with Crippen LogP contribution in [-0.4, -0.2) is 16.0 Å². The molecular formula is C16H13BrO3S. The number of Topliss-reactive ketones (excluding diaryl/α,β-unsaturated/α-hetero) is 1. The maximum Gasteiger partial charge on any atom is 0.171 e. The van der Waals surface area contributed by atoms with Gasteiger partial charge in [-0.15, -0.1) is 0 Å². The molecule has 0 saturated heterocycles. The van der Waals surface area contributed by atoms with Crippen molar-refractivity contribution in [3.8, 4) is 11.5 Å². The smallest absolute Gasteiger partial charge is 0.171 e. The summed E-state index contributed by atoms with van der Waals surface area (Å²) in [5, 5.41) is 19.4. The SMILES string of the molecule is CCC1C(=O)c2cc(O)c(O)cc2Sc2ccc(Br)cc21. The van der Waals surface area contributed by atoms with Crippen LogP contribution >= 0.6 is 27.7 Å². The quantitative estimate of drug-likeness (QED) is 0.719. The molecule has 21 heavy (non-hydrogen) atoms. The van der Waals surface area contributed by atoms with E-state index in [1.165, 1.54) is 23.9 Å². The lowest BCUT2D eigenvalue weighted by molar-refractivity contribution is 0.0953. The van der Waals surface area contributed by atoms with Crippen LogP contribution in [0.5, 0.6) is 11.5 Å². The monoisotopic (exact) mass is 364 g/mol. The number of rotatable bonds is 1. The molecule has 0 amide bonds. The first-order valence-corrected chi connectivity index (χ1v) is 8.19. The summed E-state index contributed by atoms with van der Waals surface area (Å²) in [6.45, 7) is 1.98. The van der Waals surface area contributed by atoms with E-state index >= 15 is 0 Å². The summed E-state index contributed by atoms with van der Waals surface area (Å²) >= 11 is 4.90. The standard InChI is InChI=1S/C16H13BrO3S/c1-2-9-10-5-8(17)3-4-14(10)21-15-7-13(19)12(18)6-11(15)16(9)20/h3-7,9,18-19H,2H2,1H3. The van der Waals surface area contributed by atoms with Crippen LogP contribution in [0.3, 0.4) is 0 Å². The van der Waals surface area contributed by atoms with Crippen LogP contribution in [-0.2, 0) is 0 Å². The van der Waals surface area contributed by atoms with Crippen molar-refractivity contribution in [2.24, 2.45) is 0 Å². The van der Waals surface area contributed by atoms with Crippen LogP contribution in [0.1, 0.15) is 35.2 Å². The van der Waals surface area contributed by atoms with Crippen LogP contribution in [0.15, 0.2) is 44.6 Å². The molecule has 1 aliphatic heterocycles. The van der Waals surface area contributed by atoms with E-state index in [2.05, 4.69) is 15.9 Å². The van der Waals surface area contributed by atoms with Gasteiger partial charge < -0.3 is 10.2 Å². The highest BCUT2D eigenvalue weighted by atomic mass is 79.9. The van der Waals surface area contributed by atoms with E-state index in [1.54, 1.807) is 0 Å². The second-order valence-corrected chi connectivity index (χ2v) is 6.95. The van der Waals surface area contributed by atoms with Crippen molar-refractivity contribution in [2.45, 2.75) is 29.1 Å². The van der Waals surface area contributed by atoms with Gasteiger partial charge in [0.05, 0.1) is 0 Å². The first kappa shape index (κ1) is 14.5. The Kier molecular flexibility index (Phi) is 3.71. The van der Waals surface area contributed by atoms with E-state index in [0.29, 0.717) is 16.9 Å². The number of carbonyl (C=O) groups excluding carboxylic acids is 1. The van der Waals surface area contributed by atoms with Crippen molar-refractivity contribution in [3.05, 3.63) is 45.9 Å². The molecular weight excluding hydrogens is 352 g/mol. The number of aromatic hydroxyl groups is 2. The molecule has 0 spiro atoms. The lowest BCUT2D eigenvalue weighted by Gasteiger charge is -2.14. The highest BCUT2D eigenvalue weighted by Crippen LogP contribution is 2.46. The Morgan fingerprint density at radius 1 is 1.14 bits per heavy atom. The van der Waals surface area contributed by atoms with Gasteiger partial charge in [0.25, 0.3) is 0 Å². The number of ketones is 1. The number of hydrogen-bond acceptors (Lipinski definition) is 4. The summed E-state index contributed by atoms with van der Waals surface area (Å²) in [4.78, 5) is 14.5. The van der Waals surface area contributed by atoms with E-state index in [1.807, 2.05) is 25.1 Å². The summed E-state index contributed by atoms with van der Waals surface area (Å²) < 4.78 is 0.935. The van der Waals surface area contributed by atoms with Gasteiger partial charge in [-0.25, -0.2) is 0 Å². The fourth-order valence-electron chi connectivity index (χ4n) is 2.57. The molecule has 0 saturated carbocycles. The zero-order valence-electron chi connectivity index (χ0n) is 11.3. The lowest BCUT2D eigenvalue weighted by Crippen LogP contribution is -2.12. The minimum Gasteiger partial charge on any atom is -0.504 e. The maximum atomic E-state index is 12.8. The van der Waals surface area contributed by atoms with Gasteiger partial charge in [0.15, 0.2) is 17.3 Å². The van der Waals surface area contributed by atoms with Crippen LogP contribution < -0.4 is 0 Å². The van der Waals surface area contributed by atoms with E-state index in [0.717, 1.165) is 14.9 Å². The number of halogens is 1. The fourth-order valence-corrected chi connectivity index (χ4v) is 4.08. The number of carbonyl (C=O) groups is 1. The molecule has 0 aromatic heterocycles. The zero-order valence-corrected chi connectivity index (χ0v) is 13.7. The van der Waals surface area contributed by atoms with Gasteiger partial charge in [-0.1, -0.05) is 34.6 Å². The number of fused-ring (bicyclic) bond motifs is 2. The molecule has 0 aliphatic carbocycles. The van der Waals surface area contributed by atoms with Crippen LogP contribution in [0.25, 0.3) is 0 Å². The van der Waals surface area contributed by atoms with E-state index in [4.69, 9.17) is 0 Å². The summed E-state index contributed by atoms with van der Waals surface area (Å²) in [5.74, 6) is -0.727. The molecule has 0 radical (unpaired) electrons. The third-order valence-electron chi connectivity index (χ3n) is 3.63. The van der Waals surface area contributed by atoms with Crippen LogP contribution in [0, 0.1) is 0 Å². The largest absolute Gasteiger partial charge is 0.504 e. The van der Waals surface area contributed by atoms with Crippen molar-refractivity contribution < 1.29 is 15.0 Å². The van der Waals surface area contributed by atoms with Crippen LogP contribution in [0.2, 0.25) is 0 Å². The Balaban J connectivity index is 2.25. The molecule has 1 heterocycles. The van der Waals surface area contributed by atoms with E-state index < -0.39 is 0 Å². The summed E-state index contributed by atoms with van der Waals surface area (Å²) in [7, 11) is 0. The highest BCUT2D eigenvalue weighted by molar-refractivity contribution is 9.10. The highest BCUT2D eigenvalue weighted by Gasteiger charge is 2.30. The first-order valence-electron chi connectivity index (χ1n) is 6.58. The van der Waals surface area contributed by atoms with Gasteiger partial charge in [0, 0.05) is 25.7 Å². The zero-order chi connectivity index (χ0) is 15.1. The predicted octanol–water partition coefficient (Wildman–Crippen LogP) is 4.70. The van der Waals surface area contributed by atoms with Crippen molar-refractivity contribution in [3.63, 3.8) is 0 Å². The molecule has 1 atom stereocenters. The Bertz CT molecular complexity index is 743. The molecule has 2 N–H and O–H groups in total. The second-order valence-electron chi connectivity index (χ2n) is 4.95. The van der Waals surface area contributed by atoms with Gasteiger partial charge in [-0.05, 0) is 42.3 Å². The molecule has 3 nitrogen and oxygen atoms in total. The molecule has 1 unspecified atom stereocenters. The summed E-state index contributed by atoms with van der Waals surface area (Å²) in [5.41, 5.74) is 1.45. The molecule has 0 bridgehead atoms. The average molecular weight is 365 g/mol. The van der Waals surface area contributed by atoms with Crippen molar-refractivity contribution in [1.29, 1.82) is 0 Å². The van der Waals surface area contributed by atoms with Crippen molar-refractivity contribution in [1.82, 2.24) is 0 Å². The topological polar surface area (TPSA) is 57.5 Å². The number of hydrogen-bond donors (Lipinski definition) is 2. The molecule has 2 aromatic rings. The Morgan fingerprint density at radius 2 is 1.86 bits per heavy atom. The molecule has 2 aromatic carbocycles. The molecule has 3 rings (SSSR count). The Morgan fingerprint density at radius 3 is 2.57 bits per heavy atom. The van der Waals surface area contributed by atoms with Gasteiger partial charge in [-0.2, -0.15) is 0 Å². The molecule has 108 valence electrons. The fraction of sp³-hybridized carbons (Fsp3) is 0.188. The van der Waals surface area contributed by atoms with Gasteiger partial charge in [0.2, 0.25) is 0 Å². The number of benzene rings is 2. The maximum absolute atomic E-state index is 12.8. The first-order chi connectivity index (χ1) is 10.0. The number of phenolic OH excluding ortho intramolecular Hbond substituents is 2. The Hall–Kier alpha value is -1.46. The van der Waals surface area contributed by atoms with Gasteiger partial charge >= 0.3 is 0 Å². The summed E-state index contributed by atoms with van der Waals surface area (Å²) in [6, 6.07) is 8.70. The van der Waals surface area contributed by atoms with E-state index in [9.17, 15) is 15.0 Å². The minimum absolute atomic E-state index is 0.0212. The normalized spacial score (nSPS) is 17.0. The third-order valence-corrected chi connectivity index (χ3v) is 5.28. The third kappa shape index (κ3) is 2.45. The van der Waals surface area contributed by atoms with E-state index in [-0.39, 0.29) is 23.2 Å². The Labute approximate surface area is 135 Å².